The zero-order valence-corrected chi connectivity index (χ0v) is 7.84. The van der Waals surface area contributed by atoms with Crippen molar-refractivity contribution in [3.05, 3.63) is 29.3 Å². The van der Waals surface area contributed by atoms with Gasteiger partial charge in [0, 0.05) is 11.1 Å². The van der Waals surface area contributed by atoms with Crippen LogP contribution in [0.4, 0.5) is 4.39 Å². The molecule has 0 fully saturated rings. The van der Waals surface area contributed by atoms with Gasteiger partial charge in [0.2, 0.25) is 0 Å². The Kier molecular flexibility index (Phi) is 2.89. The third-order valence-electron chi connectivity index (χ3n) is 1.64. The summed E-state index contributed by atoms with van der Waals surface area (Å²) < 4.78 is 44.3. The summed E-state index contributed by atoms with van der Waals surface area (Å²) in [6, 6.07) is 3.47. The fourth-order valence-corrected chi connectivity index (χ4v) is 1.69. The summed E-state index contributed by atoms with van der Waals surface area (Å²) in [7, 11) is -4.63. The quantitative estimate of drug-likeness (QED) is 0.543. The van der Waals surface area contributed by atoms with Gasteiger partial charge >= 0.3 is 0 Å². The molecule has 0 heterocycles. The molecule has 74 valence electrons. The molecule has 0 N–H and O–H groups in total. The first-order valence-electron chi connectivity index (χ1n) is 3.60. The van der Waals surface area contributed by atoms with Gasteiger partial charge in [-0.3, -0.25) is 0 Å². The molecule has 5 heteroatoms. The largest absolute Gasteiger partial charge is 0.744 e. The Morgan fingerprint density at radius 3 is 2.57 bits per heavy atom. The molecule has 0 saturated carbocycles. The third kappa shape index (κ3) is 2.10. The van der Waals surface area contributed by atoms with E-state index in [-0.39, 0.29) is 5.56 Å². The van der Waals surface area contributed by atoms with E-state index in [1.165, 1.54) is 12.1 Å². The molecular weight excluding hydrogens is 206 g/mol. The number of hydrogen-bond donors (Lipinski definition) is 0. The third-order valence-corrected chi connectivity index (χ3v) is 2.58. The zero-order valence-electron chi connectivity index (χ0n) is 7.03. The monoisotopic (exact) mass is 212 g/mol. The van der Waals surface area contributed by atoms with Crippen LogP contribution in [0.15, 0.2) is 23.1 Å². The number of terminal acetylenes is 1. The van der Waals surface area contributed by atoms with Crippen LogP contribution in [-0.2, 0) is 16.8 Å². The SMILES string of the molecule is C#Cc1ccc(S(=O)(=O)[O-])c(C[18F])c1. The van der Waals surface area contributed by atoms with Crippen LogP contribution in [-0.4, -0.2) is 13.0 Å². The molecule has 3 nitrogen and oxygen atoms in total. The molecule has 1 rings (SSSR count). The number of hydrogen-bond acceptors (Lipinski definition) is 3. The maximum atomic E-state index is 12.4. The van der Waals surface area contributed by atoms with Crippen LogP contribution in [0.1, 0.15) is 11.1 Å². The van der Waals surface area contributed by atoms with Crippen molar-refractivity contribution in [1.29, 1.82) is 0 Å². The summed E-state index contributed by atoms with van der Waals surface area (Å²) in [6.07, 6.45) is 5.03. The van der Waals surface area contributed by atoms with E-state index in [0.717, 1.165) is 6.07 Å². The van der Waals surface area contributed by atoms with Crippen molar-refractivity contribution in [2.45, 2.75) is 11.6 Å². The van der Waals surface area contributed by atoms with Crippen molar-refractivity contribution in [2.24, 2.45) is 0 Å². The minimum Gasteiger partial charge on any atom is -0.744 e. The lowest BCUT2D eigenvalue weighted by Gasteiger charge is -2.10. The van der Waals surface area contributed by atoms with Crippen molar-refractivity contribution in [2.75, 3.05) is 0 Å². The summed E-state index contributed by atoms with van der Waals surface area (Å²) in [5, 5.41) is 0. The van der Waals surface area contributed by atoms with Gasteiger partial charge in [0.1, 0.15) is 16.8 Å². The van der Waals surface area contributed by atoms with Gasteiger partial charge in [0.15, 0.2) is 0 Å². The molecule has 0 radical (unpaired) electrons. The summed E-state index contributed by atoms with van der Waals surface area (Å²) in [5.74, 6) is 2.22. The Morgan fingerprint density at radius 1 is 1.50 bits per heavy atom. The first-order chi connectivity index (χ1) is 6.49. The van der Waals surface area contributed by atoms with Crippen LogP contribution in [0.3, 0.4) is 0 Å². The van der Waals surface area contributed by atoms with Crippen molar-refractivity contribution in [3.8, 4) is 12.3 Å². The van der Waals surface area contributed by atoms with Gasteiger partial charge in [0.25, 0.3) is 0 Å². The predicted octanol–water partition coefficient (Wildman–Crippen LogP) is 1.04. The lowest BCUT2D eigenvalue weighted by molar-refractivity contribution is 0.450. The Balaban J connectivity index is 3.42. The molecule has 1 aromatic rings. The summed E-state index contributed by atoms with van der Waals surface area (Å²) >= 11 is 0. The summed E-state index contributed by atoms with van der Waals surface area (Å²) in [5.41, 5.74) is 0.139. The Morgan fingerprint density at radius 2 is 2.14 bits per heavy atom. The molecule has 0 saturated heterocycles. The summed E-state index contributed by atoms with van der Waals surface area (Å²) in [4.78, 5) is -0.556. The minimum atomic E-state index is -4.63. The van der Waals surface area contributed by atoms with Crippen LogP contribution >= 0.6 is 0 Å². The first kappa shape index (κ1) is 10.7. The molecule has 0 aliphatic rings. The van der Waals surface area contributed by atoms with E-state index in [2.05, 4.69) is 5.92 Å². The number of rotatable bonds is 2. The zero-order chi connectivity index (χ0) is 10.8. The molecule has 0 spiro atoms. The average molecular weight is 212 g/mol. The predicted molar refractivity (Wildman–Crippen MR) is 47.2 cm³/mol. The van der Waals surface area contributed by atoms with Crippen LogP contribution < -0.4 is 0 Å². The Bertz CT molecular complexity index is 485. The summed E-state index contributed by atoms with van der Waals surface area (Å²) in [6.45, 7) is -1.04. The van der Waals surface area contributed by atoms with Crippen LogP contribution in [0, 0.1) is 12.3 Å². The normalized spacial score (nSPS) is 10.9. The van der Waals surface area contributed by atoms with Gasteiger partial charge in [-0.05, 0) is 18.2 Å². The van der Waals surface area contributed by atoms with Crippen molar-refractivity contribution < 1.29 is 17.4 Å². The van der Waals surface area contributed by atoms with Crippen LogP contribution in [0.5, 0.6) is 0 Å². The van der Waals surface area contributed by atoms with Gasteiger partial charge in [0.05, 0.1) is 4.90 Å². The van der Waals surface area contributed by atoms with Gasteiger partial charge in [-0.1, -0.05) is 5.92 Å². The van der Waals surface area contributed by atoms with Gasteiger partial charge < -0.3 is 4.55 Å². The molecule has 1 aromatic carbocycles. The van der Waals surface area contributed by atoms with Crippen LogP contribution in [0.25, 0.3) is 0 Å². The average Bonchev–Trinajstić information content (AvgIpc) is 2.15. The molecule has 0 atom stereocenters. The standard InChI is InChI=1S/C9H7FO3S/c1-2-7-3-4-9(14(11,12)13)8(5-7)6-10/h1,3-5H,6H2,(H,11,12,13)/p-1/i10-1. The lowest BCUT2D eigenvalue weighted by atomic mass is 10.1. The Labute approximate surface area is 81.3 Å². The molecule has 0 aliphatic heterocycles. The molecule has 0 aliphatic carbocycles. The van der Waals surface area contributed by atoms with Crippen molar-refractivity contribution in [3.63, 3.8) is 0 Å². The second kappa shape index (κ2) is 3.78. The van der Waals surface area contributed by atoms with E-state index in [9.17, 15) is 17.4 Å². The molecule has 0 aromatic heterocycles. The van der Waals surface area contributed by atoms with Crippen LogP contribution in [0.2, 0.25) is 0 Å². The highest BCUT2D eigenvalue weighted by Crippen LogP contribution is 2.17. The van der Waals surface area contributed by atoms with E-state index >= 15 is 0 Å². The fraction of sp³-hybridized carbons (Fsp3) is 0.111. The van der Waals surface area contributed by atoms with Crippen molar-refractivity contribution in [1.82, 2.24) is 0 Å². The highest BCUT2D eigenvalue weighted by Gasteiger charge is 2.08. The lowest BCUT2D eigenvalue weighted by Crippen LogP contribution is -2.03. The van der Waals surface area contributed by atoms with E-state index in [1.54, 1.807) is 0 Å². The maximum absolute atomic E-state index is 12.4. The van der Waals surface area contributed by atoms with E-state index in [0.29, 0.717) is 5.56 Å². The highest BCUT2D eigenvalue weighted by atomic mass is 32.2. The minimum absolute atomic E-state index is 0.199. The van der Waals surface area contributed by atoms with Crippen molar-refractivity contribution >= 4 is 10.1 Å². The molecule has 14 heavy (non-hydrogen) atoms. The van der Waals surface area contributed by atoms with E-state index in [4.69, 9.17) is 6.42 Å². The van der Waals surface area contributed by atoms with Gasteiger partial charge in [-0.15, -0.1) is 6.42 Å². The van der Waals surface area contributed by atoms with Gasteiger partial charge in [-0.25, -0.2) is 12.8 Å². The van der Waals surface area contributed by atoms with E-state index in [1.807, 2.05) is 0 Å². The maximum Gasteiger partial charge on any atom is 0.124 e. The first-order valence-corrected chi connectivity index (χ1v) is 5.01. The molecular formula is C9H6FO3S-. The van der Waals surface area contributed by atoms with E-state index < -0.39 is 21.7 Å². The second-order valence-corrected chi connectivity index (χ2v) is 3.90. The fourth-order valence-electron chi connectivity index (χ4n) is 1.02. The highest BCUT2D eigenvalue weighted by molar-refractivity contribution is 7.85. The number of alkyl halides is 1. The molecule has 0 unspecified atom stereocenters. The second-order valence-electron chi connectivity index (χ2n) is 2.55. The van der Waals surface area contributed by atoms with Gasteiger partial charge in [-0.2, -0.15) is 0 Å². The molecule has 0 amide bonds. The smallest absolute Gasteiger partial charge is 0.124 e. The topological polar surface area (TPSA) is 57.2 Å². The number of benzene rings is 1. The number of halogens is 1. The molecule has 0 bridgehead atoms. The Hall–Kier alpha value is -1.38.